The van der Waals surface area contributed by atoms with E-state index in [1.165, 1.54) is 21.7 Å². The van der Waals surface area contributed by atoms with Crippen molar-refractivity contribution >= 4 is 34.7 Å². The Hall–Kier alpha value is -4.22. The van der Waals surface area contributed by atoms with Gasteiger partial charge < -0.3 is 15.4 Å². The van der Waals surface area contributed by atoms with Crippen LogP contribution in [-0.4, -0.2) is 71.3 Å². The molecule has 42 heavy (non-hydrogen) atoms. The molecule has 9 nitrogen and oxygen atoms in total. The molecule has 0 unspecified atom stereocenters. The first-order valence-corrected chi connectivity index (χ1v) is 15.1. The largest absolute Gasteiger partial charge is 0.571 e. The van der Waals surface area contributed by atoms with Gasteiger partial charge in [0.1, 0.15) is 5.82 Å². The molecule has 216 valence electrons. The maximum absolute atomic E-state index is 13.6. The van der Waals surface area contributed by atoms with E-state index in [1.54, 1.807) is 42.1 Å². The Kier molecular flexibility index (Phi) is 8.20. The number of hydrogen-bond donors (Lipinski definition) is 1. The van der Waals surface area contributed by atoms with Gasteiger partial charge in [0.15, 0.2) is 5.69 Å². The topological polar surface area (TPSA) is 97.4 Å². The summed E-state index contributed by atoms with van der Waals surface area (Å²) in [6, 6.07) is 21.7. The fourth-order valence-corrected chi connectivity index (χ4v) is 6.26. The summed E-state index contributed by atoms with van der Waals surface area (Å²) in [7, 11) is 0. The summed E-state index contributed by atoms with van der Waals surface area (Å²) in [5.41, 5.74) is 2.26. The number of nitrogens with zero attached hydrogens (tertiary/aromatic N) is 5. The molecule has 0 radical (unpaired) electrons. The summed E-state index contributed by atoms with van der Waals surface area (Å²) in [6.45, 7) is 4.99. The number of anilines is 2. The number of hydrogen-bond acceptors (Lipinski definition) is 8. The highest BCUT2D eigenvalue weighted by atomic mass is 32.2. The van der Waals surface area contributed by atoms with Crippen LogP contribution in [0.5, 0.6) is 0 Å². The molecule has 0 saturated carbocycles. The summed E-state index contributed by atoms with van der Waals surface area (Å²) in [5.74, 6) is -0.185. The third-order valence-corrected chi connectivity index (χ3v) is 8.68. The first-order valence-electron chi connectivity index (χ1n) is 14.1. The molecule has 0 amide bonds. The summed E-state index contributed by atoms with van der Waals surface area (Å²) >= 11 is 1.73. The molecule has 0 atom stereocenters. The second kappa shape index (κ2) is 12.3. The molecule has 0 spiro atoms. The molecule has 1 saturated heterocycles. The van der Waals surface area contributed by atoms with Crippen molar-refractivity contribution in [1.82, 2.24) is 14.7 Å². The van der Waals surface area contributed by atoms with Crippen molar-refractivity contribution in [2.45, 2.75) is 17.9 Å². The predicted octanol–water partition coefficient (Wildman–Crippen LogP) is 3.85. The number of piperazine rings is 1. The van der Waals surface area contributed by atoms with E-state index in [4.69, 9.17) is 0 Å². The van der Waals surface area contributed by atoms with Crippen LogP contribution in [0.3, 0.4) is 0 Å². The van der Waals surface area contributed by atoms with Crippen molar-refractivity contribution in [3.8, 4) is 0 Å². The highest BCUT2D eigenvalue weighted by Gasteiger charge is 2.39. The zero-order valence-electron chi connectivity index (χ0n) is 23.0. The van der Waals surface area contributed by atoms with Gasteiger partial charge in [-0.05, 0) is 61.0 Å². The number of ketones is 2. The maximum atomic E-state index is 13.6. The molecule has 4 aromatic rings. The third-order valence-electron chi connectivity index (χ3n) is 7.66. The third kappa shape index (κ3) is 5.88. The van der Waals surface area contributed by atoms with E-state index >= 15 is 0 Å². The molecule has 6 rings (SSSR count). The van der Waals surface area contributed by atoms with E-state index in [9.17, 15) is 19.2 Å². The normalized spacial score (nSPS) is 15.0. The minimum absolute atomic E-state index is 0.0559. The van der Waals surface area contributed by atoms with E-state index in [2.05, 4.69) is 32.3 Å². The predicted molar refractivity (Wildman–Crippen MR) is 160 cm³/mol. The fourth-order valence-electron chi connectivity index (χ4n) is 5.47. The SMILES string of the molecule is O=C1c2ccc(NCCSc3ccccc3)cc2C(=O)c2c1n[n+]([O-])n2CCCN1CCN(c2ccc(F)cc2)CC1. The first-order chi connectivity index (χ1) is 20.5. The Bertz CT molecular complexity index is 1590. The van der Waals surface area contributed by atoms with Crippen LogP contribution in [-0.2, 0) is 6.54 Å². The van der Waals surface area contributed by atoms with Crippen molar-refractivity contribution in [3.05, 3.63) is 106 Å². The maximum Gasteiger partial charge on any atom is 0.220 e. The molecule has 0 bridgehead atoms. The number of carbonyl (C=O) groups is 2. The number of aromatic nitrogens is 3. The van der Waals surface area contributed by atoms with Crippen LogP contribution in [0, 0.1) is 11.0 Å². The Morgan fingerprint density at radius 1 is 0.905 bits per heavy atom. The van der Waals surface area contributed by atoms with Gasteiger partial charge in [-0.3, -0.25) is 14.5 Å². The lowest BCUT2D eigenvalue weighted by Crippen LogP contribution is -2.47. The molecule has 1 N–H and O–H groups in total. The van der Waals surface area contributed by atoms with Gasteiger partial charge in [0.25, 0.3) is 0 Å². The average molecular weight is 587 g/mol. The number of carbonyl (C=O) groups excluding carboxylic acids is 2. The molecule has 2 aliphatic rings. The second-order valence-corrected chi connectivity index (χ2v) is 11.5. The molecular weight excluding hydrogens is 555 g/mol. The van der Waals surface area contributed by atoms with Crippen molar-refractivity contribution in [3.63, 3.8) is 0 Å². The van der Waals surface area contributed by atoms with Crippen LogP contribution in [0.4, 0.5) is 15.8 Å². The van der Waals surface area contributed by atoms with Crippen molar-refractivity contribution in [1.29, 1.82) is 0 Å². The minimum atomic E-state index is -0.411. The quantitative estimate of drug-likeness (QED) is 0.114. The highest BCUT2D eigenvalue weighted by Crippen LogP contribution is 2.28. The lowest BCUT2D eigenvalue weighted by atomic mass is 9.89. The van der Waals surface area contributed by atoms with Gasteiger partial charge >= 0.3 is 0 Å². The van der Waals surface area contributed by atoms with Crippen LogP contribution in [0.15, 0.2) is 77.7 Å². The molecule has 1 aliphatic carbocycles. The summed E-state index contributed by atoms with van der Waals surface area (Å²) in [4.78, 5) is 32.9. The molecule has 1 aliphatic heterocycles. The van der Waals surface area contributed by atoms with Crippen LogP contribution < -0.4 is 15.2 Å². The van der Waals surface area contributed by atoms with E-state index < -0.39 is 5.78 Å². The number of halogens is 1. The lowest BCUT2D eigenvalue weighted by Gasteiger charge is -2.36. The van der Waals surface area contributed by atoms with Crippen LogP contribution in [0.25, 0.3) is 0 Å². The molecule has 2 heterocycles. The molecule has 3 aromatic carbocycles. The van der Waals surface area contributed by atoms with Gasteiger partial charge in [-0.1, -0.05) is 18.2 Å². The lowest BCUT2D eigenvalue weighted by molar-refractivity contribution is -0.749. The Balaban J connectivity index is 1.06. The van der Waals surface area contributed by atoms with Gasteiger partial charge in [0, 0.05) is 82.5 Å². The molecule has 1 fully saturated rings. The van der Waals surface area contributed by atoms with Crippen molar-refractivity contribution < 1.29 is 18.9 Å². The average Bonchev–Trinajstić information content (AvgIpc) is 3.35. The monoisotopic (exact) mass is 586 g/mol. The van der Waals surface area contributed by atoms with Gasteiger partial charge in [-0.15, -0.1) is 16.4 Å². The fraction of sp³-hybridized carbons (Fsp3) is 0.290. The summed E-state index contributed by atoms with van der Waals surface area (Å²) in [5, 5.41) is 19.9. The van der Waals surface area contributed by atoms with Crippen LogP contribution in [0.1, 0.15) is 38.5 Å². The zero-order valence-corrected chi connectivity index (χ0v) is 23.9. The minimum Gasteiger partial charge on any atom is -0.571 e. The van der Waals surface area contributed by atoms with E-state index in [0.29, 0.717) is 17.9 Å². The van der Waals surface area contributed by atoms with E-state index in [1.807, 2.05) is 18.2 Å². The van der Waals surface area contributed by atoms with E-state index in [-0.39, 0.29) is 40.7 Å². The molecule has 1 aromatic heterocycles. The number of thioether (sulfide) groups is 1. The van der Waals surface area contributed by atoms with Crippen molar-refractivity contribution in [2.75, 3.05) is 55.2 Å². The van der Waals surface area contributed by atoms with E-state index in [0.717, 1.165) is 49.9 Å². The summed E-state index contributed by atoms with van der Waals surface area (Å²) in [6.07, 6.45) is 0.622. The van der Waals surface area contributed by atoms with Crippen molar-refractivity contribution in [2.24, 2.45) is 0 Å². The van der Waals surface area contributed by atoms with Gasteiger partial charge in [0.05, 0.1) is 6.54 Å². The number of fused-ring (bicyclic) bond motifs is 2. The molecular formula is C31H31FN6O3S. The van der Waals surface area contributed by atoms with Crippen LogP contribution >= 0.6 is 11.8 Å². The van der Waals surface area contributed by atoms with Crippen LogP contribution in [0.2, 0.25) is 0 Å². The standard InChI is InChI=1S/C31H31FN6O3S/c32-22-7-10-24(11-8-22)36-18-16-35(17-19-36)14-4-15-37-29-28(34-38(37)41)30(39)26-12-9-23(21-27(26)31(29)40)33-13-20-42-25-5-2-1-3-6-25/h1-3,5-12,21,33H,4,13-20H2. The Morgan fingerprint density at radius 2 is 1.67 bits per heavy atom. The number of benzene rings is 3. The molecule has 11 heteroatoms. The summed E-state index contributed by atoms with van der Waals surface area (Å²) < 4.78 is 14.5. The van der Waals surface area contributed by atoms with Gasteiger partial charge in [-0.25, -0.2) is 4.39 Å². The Labute approximate surface area is 247 Å². The highest BCUT2D eigenvalue weighted by molar-refractivity contribution is 7.99. The van der Waals surface area contributed by atoms with Gasteiger partial charge in [0.2, 0.25) is 17.3 Å². The number of rotatable bonds is 10. The second-order valence-electron chi connectivity index (χ2n) is 10.3. The number of nitrogens with one attached hydrogen (secondary N) is 1. The zero-order chi connectivity index (χ0) is 29.1. The Morgan fingerprint density at radius 3 is 2.43 bits per heavy atom. The van der Waals surface area contributed by atoms with Gasteiger partial charge in [-0.2, -0.15) is 0 Å². The first kappa shape index (κ1) is 27.9. The smallest absolute Gasteiger partial charge is 0.220 e.